The lowest BCUT2D eigenvalue weighted by atomic mass is 9.87. The van der Waals surface area contributed by atoms with Crippen LogP contribution in [0.15, 0.2) is 61.3 Å². The van der Waals surface area contributed by atoms with E-state index in [1.54, 1.807) is 10.8 Å². The van der Waals surface area contributed by atoms with Gasteiger partial charge in [-0.1, -0.05) is 48.5 Å². The fraction of sp³-hybridized carbons (Fsp3) is 0.182. The minimum Gasteiger partial charge on any atom is -0.489 e. The highest BCUT2D eigenvalue weighted by Crippen LogP contribution is 2.41. The zero-order valence-corrected chi connectivity index (χ0v) is 16.2. The molecule has 0 saturated heterocycles. The van der Waals surface area contributed by atoms with Crippen molar-refractivity contribution in [1.82, 2.24) is 9.78 Å². The van der Waals surface area contributed by atoms with E-state index in [2.05, 4.69) is 17.0 Å². The van der Waals surface area contributed by atoms with Crippen molar-refractivity contribution in [3.05, 3.63) is 83.0 Å². The Morgan fingerprint density at radius 2 is 2.11 bits per heavy atom. The van der Waals surface area contributed by atoms with Gasteiger partial charge in [-0.05, 0) is 30.7 Å². The molecule has 142 valence electrons. The van der Waals surface area contributed by atoms with E-state index in [0.717, 1.165) is 28.1 Å². The Kier molecular flexibility index (Phi) is 4.92. The van der Waals surface area contributed by atoms with Gasteiger partial charge in [-0.3, -0.25) is 4.79 Å². The van der Waals surface area contributed by atoms with Gasteiger partial charge in [-0.25, -0.2) is 4.68 Å². The first kappa shape index (κ1) is 18.3. The Bertz CT molecular complexity index is 1060. The molecule has 1 aliphatic heterocycles. The highest BCUT2D eigenvalue weighted by molar-refractivity contribution is 6.31. The SMILES string of the molecule is C=CCOc1ccccc1[C@H]1CC(=O)Nc2c1cnn2-c1cccc(Cl)c1C. The second-order valence-electron chi connectivity index (χ2n) is 6.69. The molecule has 1 N–H and O–H groups in total. The lowest BCUT2D eigenvalue weighted by Gasteiger charge is -2.25. The molecule has 0 saturated carbocycles. The van der Waals surface area contributed by atoms with Crippen LogP contribution in [0.3, 0.4) is 0 Å². The third-order valence-electron chi connectivity index (χ3n) is 4.94. The van der Waals surface area contributed by atoms with Gasteiger partial charge in [0.1, 0.15) is 18.2 Å². The van der Waals surface area contributed by atoms with Gasteiger partial charge in [-0.2, -0.15) is 5.10 Å². The van der Waals surface area contributed by atoms with Gasteiger partial charge in [0.05, 0.1) is 11.9 Å². The number of ether oxygens (including phenoxy) is 1. The largest absolute Gasteiger partial charge is 0.489 e. The number of nitrogens with one attached hydrogen (secondary N) is 1. The van der Waals surface area contributed by atoms with Crippen molar-refractivity contribution in [2.24, 2.45) is 0 Å². The van der Waals surface area contributed by atoms with Crippen molar-refractivity contribution in [1.29, 1.82) is 0 Å². The van der Waals surface area contributed by atoms with Crippen LogP contribution >= 0.6 is 11.6 Å². The molecule has 0 fully saturated rings. The monoisotopic (exact) mass is 393 g/mol. The number of carbonyl (C=O) groups excluding carboxylic acids is 1. The Morgan fingerprint density at radius 3 is 2.93 bits per heavy atom. The quantitative estimate of drug-likeness (QED) is 0.629. The van der Waals surface area contributed by atoms with Crippen molar-refractivity contribution in [2.45, 2.75) is 19.3 Å². The molecule has 0 spiro atoms. The Labute approximate surface area is 168 Å². The summed E-state index contributed by atoms with van der Waals surface area (Å²) in [6.07, 6.45) is 3.85. The van der Waals surface area contributed by atoms with Gasteiger partial charge in [0, 0.05) is 28.5 Å². The van der Waals surface area contributed by atoms with Crippen LogP contribution < -0.4 is 10.1 Å². The molecule has 0 radical (unpaired) electrons. The molecular weight excluding hydrogens is 374 g/mol. The van der Waals surface area contributed by atoms with Gasteiger partial charge in [-0.15, -0.1) is 0 Å². The lowest BCUT2D eigenvalue weighted by molar-refractivity contribution is -0.116. The maximum atomic E-state index is 12.5. The van der Waals surface area contributed by atoms with E-state index in [4.69, 9.17) is 16.3 Å². The number of fused-ring (bicyclic) bond motifs is 1. The molecule has 0 bridgehead atoms. The molecule has 2 heterocycles. The van der Waals surface area contributed by atoms with E-state index < -0.39 is 0 Å². The molecule has 1 atom stereocenters. The van der Waals surface area contributed by atoms with E-state index in [0.29, 0.717) is 23.9 Å². The number of halogens is 1. The highest BCUT2D eigenvalue weighted by atomic mass is 35.5. The Hall–Kier alpha value is -3.05. The normalized spacial score (nSPS) is 15.6. The molecule has 2 aromatic carbocycles. The van der Waals surface area contributed by atoms with Crippen LogP contribution in [0.25, 0.3) is 5.69 Å². The van der Waals surface area contributed by atoms with Crippen LogP contribution in [0.4, 0.5) is 5.82 Å². The number of carbonyl (C=O) groups is 1. The topological polar surface area (TPSA) is 56.1 Å². The summed E-state index contributed by atoms with van der Waals surface area (Å²) in [5.41, 5.74) is 3.66. The molecule has 1 amide bonds. The van der Waals surface area contributed by atoms with E-state index in [1.807, 2.05) is 55.6 Å². The maximum absolute atomic E-state index is 12.5. The summed E-state index contributed by atoms with van der Waals surface area (Å²) in [4.78, 5) is 12.5. The highest BCUT2D eigenvalue weighted by Gasteiger charge is 2.32. The van der Waals surface area contributed by atoms with E-state index >= 15 is 0 Å². The summed E-state index contributed by atoms with van der Waals surface area (Å²) >= 11 is 6.28. The fourth-order valence-corrected chi connectivity index (χ4v) is 3.72. The first-order valence-corrected chi connectivity index (χ1v) is 9.43. The summed E-state index contributed by atoms with van der Waals surface area (Å²) in [6.45, 7) is 6.05. The molecule has 0 unspecified atom stereocenters. The number of anilines is 1. The number of nitrogens with zero attached hydrogens (tertiary/aromatic N) is 2. The molecule has 6 heteroatoms. The lowest BCUT2D eigenvalue weighted by Crippen LogP contribution is -2.25. The van der Waals surface area contributed by atoms with Gasteiger partial charge >= 0.3 is 0 Å². The van der Waals surface area contributed by atoms with E-state index in [9.17, 15) is 4.79 Å². The van der Waals surface area contributed by atoms with Crippen molar-refractivity contribution in [3.8, 4) is 11.4 Å². The molecule has 1 aliphatic rings. The average Bonchev–Trinajstić information content (AvgIpc) is 3.11. The third kappa shape index (κ3) is 3.18. The average molecular weight is 394 g/mol. The second-order valence-corrected chi connectivity index (χ2v) is 7.09. The zero-order chi connectivity index (χ0) is 19.7. The molecule has 28 heavy (non-hydrogen) atoms. The molecule has 0 aliphatic carbocycles. The summed E-state index contributed by atoms with van der Waals surface area (Å²) < 4.78 is 7.57. The number of rotatable bonds is 5. The van der Waals surface area contributed by atoms with Gasteiger partial charge < -0.3 is 10.1 Å². The molecular formula is C22H20ClN3O2. The molecule has 4 rings (SSSR count). The zero-order valence-electron chi connectivity index (χ0n) is 15.5. The standard InChI is InChI=1S/C22H20ClN3O2/c1-3-11-28-20-10-5-4-7-15(20)16-12-21(27)25-22-17(16)13-24-26(22)19-9-6-8-18(23)14(19)2/h3-10,13,16H,1,11-12H2,2H3,(H,25,27)/t16-/m1/s1. The first-order valence-electron chi connectivity index (χ1n) is 9.06. The minimum atomic E-state index is -0.141. The maximum Gasteiger partial charge on any atom is 0.226 e. The van der Waals surface area contributed by atoms with Gasteiger partial charge in [0.2, 0.25) is 5.91 Å². The van der Waals surface area contributed by atoms with Crippen LogP contribution in [0.1, 0.15) is 29.0 Å². The summed E-state index contributed by atoms with van der Waals surface area (Å²) in [5, 5.41) is 8.19. The number of aromatic nitrogens is 2. The number of para-hydroxylation sites is 1. The van der Waals surface area contributed by atoms with Crippen LogP contribution in [0.2, 0.25) is 5.02 Å². The van der Waals surface area contributed by atoms with Crippen molar-refractivity contribution >= 4 is 23.3 Å². The van der Waals surface area contributed by atoms with Crippen LogP contribution in [0, 0.1) is 6.92 Å². The van der Waals surface area contributed by atoms with Crippen LogP contribution in [-0.2, 0) is 4.79 Å². The number of hydrogen-bond acceptors (Lipinski definition) is 3. The van der Waals surface area contributed by atoms with Crippen LogP contribution in [-0.4, -0.2) is 22.3 Å². The third-order valence-corrected chi connectivity index (χ3v) is 5.35. The predicted molar refractivity (Wildman–Crippen MR) is 111 cm³/mol. The summed E-state index contributed by atoms with van der Waals surface area (Å²) in [6, 6.07) is 13.4. The van der Waals surface area contributed by atoms with Crippen molar-refractivity contribution in [2.75, 3.05) is 11.9 Å². The van der Waals surface area contributed by atoms with E-state index in [-0.39, 0.29) is 11.8 Å². The van der Waals surface area contributed by atoms with E-state index in [1.165, 1.54) is 0 Å². The number of hydrogen-bond donors (Lipinski definition) is 1. The van der Waals surface area contributed by atoms with Crippen molar-refractivity contribution in [3.63, 3.8) is 0 Å². The Balaban J connectivity index is 1.82. The predicted octanol–water partition coefficient (Wildman–Crippen LogP) is 4.87. The Morgan fingerprint density at radius 1 is 1.29 bits per heavy atom. The number of amides is 1. The van der Waals surface area contributed by atoms with Crippen LogP contribution in [0.5, 0.6) is 5.75 Å². The smallest absolute Gasteiger partial charge is 0.226 e. The second kappa shape index (κ2) is 7.52. The summed E-state index contributed by atoms with van der Waals surface area (Å²) in [5.74, 6) is 1.22. The van der Waals surface area contributed by atoms with Gasteiger partial charge in [0.25, 0.3) is 0 Å². The minimum absolute atomic E-state index is 0.0579. The molecule has 1 aromatic heterocycles. The number of benzene rings is 2. The van der Waals surface area contributed by atoms with Gasteiger partial charge in [0.15, 0.2) is 0 Å². The fourth-order valence-electron chi connectivity index (χ4n) is 3.55. The molecule has 5 nitrogen and oxygen atoms in total. The summed E-state index contributed by atoms with van der Waals surface area (Å²) in [7, 11) is 0. The first-order chi connectivity index (χ1) is 13.6. The molecule has 3 aromatic rings. The van der Waals surface area contributed by atoms with Crippen molar-refractivity contribution < 1.29 is 9.53 Å².